The summed E-state index contributed by atoms with van der Waals surface area (Å²) in [6.45, 7) is 7.85. The lowest BCUT2D eigenvalue weighted by molar-refractivity contribution is 0.540. The highest BCUT2D eigenvalue weighted by Crippen LogP contribution is 2.01. The molecule has 0 bridgehead atoms. The molecule has 1 heteroatoms. The molecule has 0 aliphatic rings. The molecule has 0 fully saturated rings. The second-order valence-electron chi connectivity index (χ2n) is 3.52. The van der Waals surface area contributed by atoms with E-state index in [2.05, 4.69) is 26.1 Å². The molecule has 0 heterocycles. The summed E-state index contributed by atoms with van der Waals surface area (Å²) in [4.78, 5) is 0. The van der Waals surface area contributed by atoms with Crippen molar-refractivity contribution in [2.75, 3.05) is 6.54 Å². The predicted octanol–water partition coefficient (Wildman–Crippen LogP) is 2.95. The predicted molar refractivity (Wildman–Crippen MR) is 51.9 cm³/mol. The number of hydrogen-bond donors (Lipinski definition) is 1. The maximum atomic E-state index is 3.42. The van der Waals surface area contributed by atoms with Gasteiger partial charge in [0.2, 0.25) is 0 Å². The molecular formula is C10H23N. The smallest absolute Gasteiger partial charge is 0.00103 e. The molecule has 11 heavy (non-hydrogen) atoms. The van der Waals surface area contributed by atoms with Crippen molar-refractivity contribution in [1.29, 1.82) is 0 Å². The van der Waals surface area contributed by atoms with Crippen LogP contribution >= 0.6 is 0 Å². The SMILES string of the molecule is CCCCCCCNC(C)C. The highest BCUT2D eigenvalue weighted by molar-refractivity contribution is 4.52. The van der Waals surface area contributed by atoms with Crippen LogP contribution in [0, 0.1) is 0 Å². The van der Waals surface area contributed by atoms with E-state index in [4.69, 9.17) is 0 Å². The molecular weight excluding hydrogens is 134 g/mol. The van der Waals surface area contributed by atoms with Gasteiger partial charge in [0.25, 0.3) is 0 Å². The lowest BCUT2D eigenvalue weighted by atomic mass is 10.1. The molecule has 0 saturated heterocycles. The maximum Gasteiger partial charge on any atom is 0.00103 e. The molecule has 0 amide bonds. The van der Waals surface area contributed by atoms with Crippen molar-refractivity contribution in [3.8, 4) is 0 Å². The van der Waals surface area contributed by atoms with Crippen molar-refractivity contribution in [2.24, 2.45) is 0 Å². The van der Waals surface area contributed by atoms with Gasteiger partial charge in [0.05, 0.1) is 0 Å². The average molecular weight is 157 g/mol. The molecule has 1 nitrogen and oxygen atoms in total. The van der Waals surface area contributed by atoms with E-state index in [0.717, 1.165) is 0 Å². The van der Waals surface area contributed by atoms with Crippen LogP contribution in [0.3, 0.4) is 0 Å². The minimum atomic E-state index is 0.654. The zero-order valence-corrected chi connectivity index (χ0v) is 8.32. The highest BCUT2D eigenvalue weighted by atomic mass is 14.9. The Morgan fingerprint density at radius 3 is 2.18 bits per heavy atom. The molecule has 0 aliphatic heterocycles. The molecule has 0 aliphatic carbocycles. The number of rotatable bonds is 7. The van der Waals surface area contributed by atoms with Crippen LogP contribution in [0.25, 0.3) is 0 Å². The van der Waals surface area contributed by atoms with Gasteiger partial charge in [-0.1, -0.05) is 46.5 Å². The molecule has 0 unspecified atom stereocenters. The molecule has 0 radical (unpaired) electrons. The van der Waals surface area contributed by atoms with Gasteiger partial charge in [-0.25, -0.2) is 0 Å². The van der Waals surface area contributed by atoms with Gasteiger partial charge in [-0.3, -0.25) is 0 Å². The first-order valence-electron chi connectivity index (χ1n) is 5.00. The van der Waals surface area contributed by atoms with Crippen molar-refractivity contribution in [3.63, 3.8) is 0 Å². The van der Waals surface area contributed by atoms with Crippen LogP contribution in [0.2, 0.25) is 0 Å². The minimum Gasteiger partial charge on any atom is -0.315 e. The zero-order valence-electron chi connectivity index (χ0n) is 8.32. The monoisotopic (exact) mass is 157 g/mol. The fourth-order valence-corrected chi connectivity index (χ4v) is 1.12. The summed E-state index contributed by atoms with van der Waals surface area (Å²) in [5.74, 6) is 0. The third-order valence-corrected chi connectivity index (χ3v) is 1.83. The van der Waals surface area contributed by atoms with Gasteiger partial charge < -0.3 is 5.32 Å². The normalized spacial score (nSPS) is 10.9. The van der Waals surface area contributed by atoms with Gasteiger partial charge in [0, 0.05) is 6.04 Å². The van der Waals surface area contributed by atoms with Crippen LogP contribution in [0.5, 0.6) is 0 Å². The Kier molecular flexibility index (Phi) is 8.03. The largest absolute Gasteiger partial charge is 0.315 e. The van der Waals surface area contributed by atoms with Crippen molar-refractivity contribution in [1.82, 2.24) is 5.32 Å². The fraction of sp³-hybridized carbons (Fsp3) is 1.00. The topological polar surface area (TPSA) is 12.0 Å². The van der Waals surface area contributed by atoms with Crippen LogP contribution in [0.1, 0.15) is 52.9 Å². The van der Waals surface area contributed by atoms with Gasteiger partial charge in [-0.2, -0.15) is 0 Å². The molecule has 0 aromatic heterocycles. The molecule has 0 saturated carbocycles. The Bertz CT molecular complexity index is 69.3. The number of hydrogen-bond acceptors (Lipinski definition) is 1. The van der Waals surface area contributed by atoms with Gasteiger partial charge in [-0.05, 0) is 13.0 Å². The lowest BCUT2D eigenvalue weighted by Gasteiger charge is -2.06. The van der Waals surface area contributed by atoms with Crippen LogP contribution in [0.4, 0.5) is 0 Å². The second-order valence-corrected chi connectivity index (χ2v) is 3.52. The zero-order chi connectivity index (χ0) is 8.53. The summed E-state index contributed by atoms with van der Waals surface area (Å²) >= 11 is 0. The van der Waals surface area contributed by atoms with E-state index in [1.54, 1.807) is 0 Å². The molecule has 0 spiro atoms. The van der Waals surface area contributed by atoms with Gasteiger partial charge in [0.15, 0.2) is 0 Å². The van der Waals surface area contributed by atoms with E-state index in [1.807, 2.05) is 0 Å². The second kappa shape index (κ2) is 8.06. The van der Waals surface area contributed by atoms with Crippen molar-refractivity contribution in [3.05, 3.63) is 0 Å². The third kappa shape index (κ3) is 9.96. The highest BCUT2D eigenvalue weighted by Gasteiger charge is 1.91. The fourth-order valence-electron chi connectivity index (χ4n) is 1.12. The summed E-state index contributed by atoms with van der Waals surface area (Å²) < 4.78 is 0. The molecule has 0 rings (SSSR count). The van der Waals surface area contributed by atoms with Crippen LogP contribution in [-0.4, -0.2) is 12.6 Å². The average Bonchev–Trinajstić information content (AvgIpc) is 1.96. The summed E-state index contributed by atoms with van der Waals surface area (Å²) in [5, 5.41) is 3.42. The minimum absolute atomic E-state index is 0.654. The van der Waals surface area contributed by atoms with Gasteiger partial charge in [-0.15, -0.1) is 0 Å². The molecule has 0 atom stereocenters. The van der Waals surface area contributed by atoms with Crippen LogP contribution < -0.4 is 5.32 Å². The van der Waals surface area contributed by atoms with Crippen molar-refractivity contribution < 1.29 is 0 Å². The summed E-state index contributed by atoms with van der Waals surface area (Å²) in [6.07, 6.45) is 6.90. The third-order valence-electron chi connectivity index (χ3n) is 1.83. The Labute approximate surface area is 71.6 Å². The molecule has 0 aromatic rings. The number of unbranched alkanes of at least 4 members (excludes halogenated alkanes) is 4. The number of nitrogens with one attached hydrogen (secondary N) is 1. The van der Waals surface area contributed by atoms with E-state index in [9.17, 15) is 0 Å². The van der Waals surface area contributed by atoms with Crippen molar-refractivity contribution in [2.45, 2.75) is 58.9 Å². The van der Waals surface area contributed by atoms with E-state index < -0.39 is 0 Å². The van der Waals surface area contributed by atoms with E-state index in [-0.39, 0.29) is 0 Å². The summed E-state index contributed by atoms with van der Waals surface area (Å²) in [5.41, 5.74) is 0. The molecule has 0 aromatic carbocycles. The van der Waals surface area contributed by atoms with E-state index >= 15 is 0 Å². The first-order chi connectivity index (χ1) is 5.27. The first kappa shape index (κ1) is 11.0. The maximum absolute atomic E-state index is 3.42. The molecule has 68 valence electrons. The van der Waals surface area contributed by atoms with E-state index in [0.29, 0.717) is 6.04 Å². The van der Waals surface area contributed by atoms with Crippen LogP contribution in [-0.2, 0) is 0 Å². The van der Waals surface area contributed by atoms with Crippen molar-refractivity contribution >= 4 is 0 Å². The Morgan fingerprint density at radius 1 is 1.00 bits per heavy atom. The van der Waals surface area contributed by atoms with E-state index in [1.165, 1.54) is 38.6 Å². The lowest BCUT2D eigenvalue weighted by Crippen LogP contribution is -2.23. The molecule has 1 N–H and O–H groups in total. The van der Waals surface area contributed by atoms with Gasteiger partial charge in [0.1, 0.15) is 0 Å². The summed E-state index contributed by atoms with van der Waals surface area (Å²) in [7, 11) is 0. The Morgan fingerprint density at radius 2 is 1.64 bits per heavy atom. The quantitative estimate of drug-likeness (QED) is 0.560. The van der Waals surface area contributed by atoms with Gasteiger partial charge >= 0.3 is 0 Å². The van der Waals surface area contributed by atoms with Crippen LogP contribution in [0.15, 0.2) is 0 Å². The standard InChI is InChI=1S/C10H23N/c1-4-5-6-7-8-9-11-10(2)3/h10-11H,4-9H2,1-3H3. The summed E-state index contributed by atoms with van der Waals surface area (Å²) in [6, 6.07) is 0.654. The Balaban J connectivity index is 2.80. The first-order valence-corrected chi connectivity index (χ1v) is 5.00. The Hall–Kier alpha value is -0.0400.